The molecular formula is C16H18FN3O4S2. The summed E-state index contributed by atoms with van der Waals surface area (Å²) in [5.74, 6) is 0.152. The van der Waals surface area contributed by atoms with Crippen LogP contribution in [0.15, 0.2) is 33.9 Å². The summed E-state index contributed by atoms with van der Waals surface area (Å²) in [6, 6.07) is 6.24. The molecule has 10 heteroatoms. The van der Waals surface area contributed by atoms with Crippen molar-refractivity contribution in [2.75, 3.05) is 17.3 Å². The first kappa shape index (κ1) is 18.8. The van der Waals surface area contributed by atoms with Gasteiger partial charge in [0.25, 0.3) is 5.22 Å². The van der Waals surface area contributed by atoms with Crippen LogP contribution in [0.1, 0.15) is 17.9 Å². The molecule has 0 spiro atoms. The average Bonchev–Trinajstić information content (AvgIpc) is 3.18. The lowest BCUT2D eigenvalue weighted by molar-refractivity contribution is -0.118. The van der Waals surface area contributed by atoms with Crippen LogP contribution in [0.3, 0.4) is 0 Å². The molecule has 7 nitrogen and oxygen atoms in total. The first-order valence-corrected chi connectivity index (χ1v) is 10.9. The van der Waals surface area contributed by atoms with Crippen LogP contribution < -0.4 is 5.32 Å². The van der Waals surface area contributed by atoms with Gasteiger partial charge in [0.2, 0.25) is 11.8 Å². The van der Waals surface area contributed by atoms with Crippen LogP contribution in [0.5, 0.6) is 0 Å². The van der Waals surface area contributed by atoms with Crippen molar-refractivity contribution in [2.45, 2.75) is 24.6 Å². The summed E-state index contributed by atoms with van der Waals surface area (Å²) in [7, 11) is -2.94. The second-order valence-corrected chi connectivity index (χ2v) is 9.25. The Morgan fingerprint density at radius 2 is 2.15 bits per heavy atom. The van der Waals surface area contributed by atoms with E-state index < -0.39 is 9.84 Å². The fourth-order valence-corrected chi connectivity index (χ4v) is 5.15. The summed E-state index contributed by atoms with van der Waals surface area (Å²) in [6.07, 6.45) is 1.03. The lowest BCUT2D eigenvalue weighted by Gasteiger charge is -2.05. The summed E-state index contributed by atoms with van der Waals surface area (Å²) in [5, 5.41) is 10.6. The highest BCUT2D eigenvalue weighted by molar-refractivity contribution is 7.99. The van der Waals surface area contributed by atoms with Crippen LogP contribution in [-0.4, -0.2) is 41.8 Å². The SMILES string of the molecule is O=C(CSc1nnc(C[C@H]2CCS(=O)(=O)C2)o1)NCc1ccccc1F. The molecule has 3 rings (SSSR count). The van der Waals surface area contributed by atoms with E-state index >= 15 is 0 Å². The zero-order valence-electron chi connectivity index (χ0n) is 13.9. The van der Waals surface area contributed by atoms with Gasteiger partial charge in [0.05, 0.1) is 17.3 Å². The van der Waals surface area contributed by atoms with Crippen LogP contribution in [0.4, 0.5) is 4.39 Å². The van der Waals surface area contributed by atoms with Crippen molar-refractivity contribution in [3.63, 3.8) is 0 Å². The van der Waals surface area contributed by atoms with Crippen LogP contribution in [0, 0.1) is 11.7 Å². The van der Waals surface area contributed by atoms with Crippen LogP contribution >= 0.6 is 11.8 Å². The minimum absolute atomic E-state index is 0.00219. The maximum atomic E-state index is 13.5. The number of thioether (sulfide) groups is 1. The Morgan fingerprint density at radius 1 is 1.35 bits per heavy atom. The number of carbonyl (C=O) groups excluding carboxylic acids is 1. The molecule has 1 saturated heterocycles. The molecule has 1 fully saturated rings. The topological polar surface area (TPSA) is 102 Å². The number of halogens is 1. The summed E-state index contributed by atoms with van der Waals surface area (Å²) in [4.78, 5) is 11.8. The van der Waals surface area contributed by atoms with Gasteiger partial charge >= 0.3 is 0 Å². The number of amides is 1. The largest absolute Gasteiger partial charge is 0.416 e. The van der Waals surface area contributed by atoms with Crippen LogP contribution in [-0.2, 0) is 27.6 Å². The number of hydrogen-bond donors (Lipinski definition) is 1. The van der Waals surface area contributed by atoms with E-state index in [9.17, 15) is 17.6 Å². The number of hydrogen-bond acceptors (Lipinski definition) is 7. The molecule has 0 saturated carbocycles. The maximum absolute atomic E-state index is 13.5. The number of carbonyl (C=O) groups is 1. The average molecular weight is 399 g/mol. The van der Waals surface area contributed by atoms with Gasteiger partial charge in [-0.25, -0.2) is 12.8 Å². The lowest BCUT2D eigenvalue weighted by Crippen LogP contribution is -2.25. The Hall–Kier alpha value is -1.94. The predicted molar refractivity (Wildman–Crippen MR) is 93.7 cm³/mol. The summed E-state index contributed by atoms with van der Waals surface area (Å²) >= 11 is 1.08. The summed E-state index contributed by atoms with van der Waals surface area (Å²) in [5.41, 5.74) is 0.414. The standard InChI is InChI=1S/C16H18FN3O4S2/c17-13-4-2-1-3-12(13)8-18-14(21)9-25-16-20-19-15(24-16)7-11-5-6-26(22,23)10-11/h1-4,11H,5-10H2,(H,18,21)/t11-/m1/s1. The lowest BCUT2D eigenvalue weighted by atomic mass is 10.1. The molecule has 140 valence electrons. The molecular weight excluding hydrogens is 381 g/mol. The van der Waals surface area contributed by atoms with Crippen molar-refractivity contribution >= 4 is 27.5 Å². The molecule has 26 heavy (non-hydrogen) atoms. The third-order valence-corrected chi connectivity index (χ3v) is 6.65. The fraction of sp³-hybridized carbons (Fsp3) is 0.438. The molecule has 0 radical (unpaired) electrons. The predicted octanol–water partition coefficient (Wildman–Crippen LogP) is 1.59. The molecule has 1 N–H and O–H groups in total. The van der Waals surface area contributed by atoms with Crippen LogP contribution in [0.25, 0.3) is 0 Å². The van der Waals surface area contributed by atoms with Gasteiger partial charge in [-0.05, 0) is 18.4 Å². The van der Waals surface area contributed by atoms with E-state index in [0.717, 1.165) is 11.8 Å². The number of nitrogens with one attached hydrogen (secondary N) is 1. The first-order chi connectivity index (χ1) is 12.4. The van der Waals surface area contributed by atoms with Crippen molar-refractivity contribution in [2.24, 2.45) is 5.92 Å². The van der Waals surface area contributed by atoms with Crippen molar-refractivity contribution in [1.29, 1.82) is 0 Å². The second kappa shape index (κ2) is 8.17. The molecule has 0 bridgehead atoms. The van der Waals surface area contributed by atoms with Gasteiger partial charge in [-0.15, -0.1) is 10.2 Å². The Kier molecular flexibility index (Phi) is 5.92. The number of aromatic nitrogens is 2. The Bertz CT molecular complexity index is 885. The van der Waals surface area contributed by atoms with Crippen molar-refractivity contribution in [1.82, 2.24) is 15.5 Å². The third kappa shape index (κ3) is 5.28. The molecule has 1 aromatic carbocycles. The van der Waals surface area contributed by atoms with E-state index in [1.54, 1.807) is 18.2 Å². The van der Waals surface area contributed by atoms with Crippen molar-refractivity contribution in [3.8, 4) is 0 Å². The molecule has 2 heterocycles. The highest BCUT2D eigenvalue weighted by Gasteiger charge is 2.29. The fourth-order valence-electron chi connectivity index (χ4n) is 2.67. The number of benzene rings is 1. The molecule has 0 unspecified atom stereocenters. The van der Waals surface area contributed by atoms with E-state index in [0.29, 0.717) is 24.3 Å². The third-order valence-electron chi connectivity index (χ3n) is 4.00. The van der Waals surface area contributed by atoms with Crippen LogP contribution in [0.2, 0.25) is 0 Å². The normalized spacial score (nSPS) is 18.7. The molecule has 1 aliphatic heterocycles. The summed E-state index contributed by atoms with van der Waals surface area (Å²) in [6.45, 7) is 0.108. The number of sulfone groups is 1. The van der Waals surface area contributed by atoms with Crippen molar-refractivity contribution < 1.29 is 22.0 Å². The maximum Gasteiger partial charge on any atom is 0.277 e. The zero-order valence-corrected chi connectivity index (χ0v) is 15.5. The minimum atomic E-state index is -2.94. The van der Waals surface area contributed by atoms with Gasteiger partial charge in [0.1, 0.15) is 5.82 Å². The van der Waals surface area contributed by atoms with E-state index in [2.05, 4.69) is 15.5 Å². The Labute approximate surface area is 154 Å². The van der Waals surface area contributed by atoms with Gasteiger partial charge in [0.15, 0.2) is 9.84 Å². The second-order valence-electron chi connectivity index (χ2n) is 6.09. The zero-order chi connectivity index (χ0) is 18.6. The summed E-state index contributed by atoms with van der Waals surface area (Å²) < 4.78 is 41.9. The van der Waals surface area contributed by atoms with Crippen molar-refractivity contribution in [3.05, 3.63) is 41.5 Å². The Balaban J connectivity index is 1.43. The van der Waals surface area contributed by atoms with E-state index in [-0.39, 0.29) is 46.7 Å². The van der Waals surface area contributed by atoms with Gasteiger partial charge in [-0.2, -0.15) is 0 Å². The molecule has 0 aliphatic carbocycles. The van der Waals surface area contributed by atoms with E-state index in [1.165, 1.54) is 6.07 Å². The highest BCUT2D eigenvalue weighted by Crippen LogP contribution is 2.23. The quantitative estimate of drug-likeness (QED) is 0.706. The van der Waals surface area contributed by atoms with E-state index in [1.807, 2.05) is 0 Å². The molecule has 1 aliphatic rings. The molecule has 1 atom stereocenters. The monoisotopic (exact) mass is 399 g/mol. The number of nitrogens with zero attached hydrogens (tertiary/aromatic N) is 2. The first-order valence-electron chi connectivity index (χ1n) is 8.07. The van der Waals surface area contributed by atoms with Gasteiger partial charge in [-0.1, -0.05) is 30.0 Å². The Morgan fingerprint density at radius 3 is 2.88 bits per heavy atom. The highest BCUT2D eigenvalue weighted by atomic mass is 32.2. The van der Waals surface area contributed by atoms with Gasteiger partial charge < -0.3 is 9.73 Å². The molecule has 1 amide bonds. The van der Waals surface area contributed by atoms with Gasteiger partial charge in [-0.3, -0.25) is 4.79 Å². The van der Waals surface area contributed by atoms with Gasteiger partial charge in [0, 0.05) is 18.5 Å². The minimum Gasteiger partial charge on any atom is -0.416 e. The molecule has 1 aromatic heterocycles. The smallest absolute Gasteiger partial charge is 0.277 e. The number of rotatable bonds is 7. The van der Waals surface area contributed by atoms with E-state index in [4.69, 9.17) is 4.42 Å². The molecule has 2 aromatic rings.